The highest BCUT2D eigenvalue weighted by molar-refractivity contribution is 5.99. The van der Waals surface area contributed by atoms with Crippen molar-refractivity contribution in [2.24, 2.45) is 5.92 Å². The fourth-order valence-corrected chi connectivity index (χ4v) is 2.74. The minimum Gasteiger partial charge on any atom is -0.347 e. The van der Waals surface area contributed by atoms with Crippen molar-refractivity contribution in [1.82, 2.24) is 10.2 Å². The van der Waals surface area contributed by atoms with Crippen molar-refractivity contribution in [3.05, 3.63) is 29.8 Å². The smallest absolute Gasteiger partial charge is 0.247 e. The first-order chi connectivity index (χ1) is 10.9. The third-order valence-electron chi connectivity index (χ3n) is 4.21. The number of hydrogen-bond acceptors (Lipinski definition) is 3. The molecule has 0 bridgehead atoms. The molecule has 2 rings (SSSR count). The Labute approximate surface area is 136 Å². The first kappa shape index (κ1) is 17.0. The Morgan fingerprint density at radius 1 is 1.39 bits per heavy atom. The Morgan fingerprint density at radius 3 is 2.74 bits per heavy atom. The first-order valence-corrected chi connectivity index (χ1v) is 7.86. The Bertz CT molecular complexity index is 615. The second-order valence-electron chi connectivity index (χ2n) is 5.91. The molecular formula is C17H23N3O3. The molecule has 0 radical (unpaired) electrons. The van der Waals surface area contributed by atoms with Crippen LogP contribution in [0.5, 0.6) is 0 Å². The third kappa shape index (κ3) is 3.88. The zero-order valence-electron chi connectivity index (χ0n) is 13.8. The quantitative estimate of drug-likeness (QED) is 0.884. The van der Waals surface area contributed by atoms with Crippen LogP contribution in [-0.4, -0.2) is 35.2 Å². The number of hydrogen-bond donors (Lipinski definition) is 2. The summed E-state index contributed by atoms with van der Waals surface area (Å²) < 4.78 is 0. The van der Waals surface area contributed by atoms with Gasteiger partial charge in [-0.3, -0.25) is 14.4 Å². The Kier molecular flexibility index (Phi) is 5.36. The van der Waals surface area contributed by atoms with Gasteiger partial charge in [-0.1, -0.05) is 38.5 Å². The summed E-state index contributed by atoms with van der Waals surface area (Å²) in [7, 11) is 0. The summed E-state index contributed by atoms with van der Waals surface area (Å²) in [5, 5.41) is 5.43. The maximum atomic E-state index is 12.6. The van der Waals surface area contributed by atoms with E-state index in [9.17, 15) is 14.4 Å². The van der Waals surface area contributed by atoms with E-state index in [1.807, 2.05) is 38.1 Å². The molecule has 1 heterocycles. The van der Waals surface area contributed by atoms with Crippen LogP contribution in [0.1, 0.15) is 32.8 Å². The minimum absolute atomic E-state index is 0.0191. The number of rotatable bonds is 4. The summed E-state index contributed by atoms with van der Waals surface area (Å²) in [5.41, 5.74) is 1.63. The largest absolute Gasteiger partial charge is 0.347 e. The van der Waals surface area contributed by atoms with Gasteiger partial charge in [0.2, 0.25) is 17.7 Å². The van der Waals surface area contributed by atoms with Gasteiger partial charge in [-0.2, -0.15) is 0 Å². The minimum atomic E-state index is -0.548. The van der Waals surface area contributed by atoms with Crippen molar-refractivity contribution < 1.29 is 14.4 Å². The van der Waals surface area contributed by atoms with Crippen LogP contribution in [0.2, 0.25) is 0 Å². The lowest BCUT2D eigenvalue weighted by Crippen LogP contribution is -2.51. The summed E-state index contributed by atoms with van der Waals surface area (Å²) in [6.45, 7) is 5.56. The molecule has 1 aromatic carbocycles. The van der Waals surface area contributed by atoms with E-state index in [1.165, 1.54) is 6.92 Å². The van der Waals surface area contributed by atoms with Crippen LogP contribution in [0.25, 0.3) is 0 Å². The molecule has 1 aliphatic rings. The molecule has 0 aliphatic carbocycles. The van der Waals surface area contributed by atoms with Crippen LogP contribution in [0.15, 0.2) is 24.3 Å². The number of carbonyl (C=O) groups is 3. The van der Waals surface area contributed by atoms with Crippen molar-refractivity contribution in [3.8, 4) is 0 Å². The summed E-state index contributed by atoms with van der Waals surface area (Å²) >= 11 is 0. The molecule has 0 saturated heterocycles. The number of amides is 3. The summed E-state index contributed by atoms with van der Waals surface area (Å²) in [6, 6.07) is 6.92. The van der Waals surface area contributed by atoms with Crippen molar-refractivity contribution in [1.29, 1.82) is 0 Å². The molecule has 6 nitrogen and oxygen atoms in total. The van der Waals surface area contributed by atoms with E-state index in [4.69, 9.17) is 0 Å². The molecule has 23 heavy (non-hydrogen) atoms. The molecule has 2 N–H and O–H groups in total. The van der Waals surface area contributed by atoms with E-state index in [0.29, 0.717) is 6.54 Å². The molecule has 0 spiro atoms. The van der Waals surface area contributed by atoms with Gasteiger partial charge in [0.05, 0.1) is 6.54 Å². The van der Waals surface area contributed by atoms with Crippen LogP contribution < -0.4 is 10.6 Å². The molecule has 2 atom stereocenters. The fourth-order valence-electron chi connectivity index (χ4n) is 2.74. The van der Waals surface area contributed by atoms with Crippen molar-refractivity contribution in [2.75, 3.05) is 11.9 Å². The molecule has 1 aliphatic heterocycles. The summed E-state index contributed by atoms with van der Waals surface area (Å²) in [6.07, 6.45) is 0.776. The highest BCUT2D eigenvalue weighted by Crippen LogP contribution is 2.27. The lowest BCUT2D eigenvalue weighted by atomic mass is 9.96. The second-order valence-corrected chi connectivity index (χ2v) is 5.91. The molecule has 1 aromatic rings. The van der Waals surface area contributed by atoms with Crippen molar-refractivity contribution in [2.45, 2.75) is 39.8 Å². The SMILES string of the molecule is CCC(C)C1C(=O)Nc2ccccc2CN1C(=O)CNC(C)=O. The predicted octanol–water partition coefficient (Wildman–Crippen LogP) is 1.52. The van der Waals surface area contributed by atoms with E-state index in [-0.39, 0.29) is 30.2 Å². The Hall–Kier alpha value is -2.37. The average molecular weight is 317 g/mol. The van der Waals surface area contributed by atoms with Gasteiger partial charge in [0.25, 0.3) is 0 Å². The maximum Gasteiger partial charge on any atom is 0.247 e. The number of para-hydroxylation sites is 1. The first-order valence-electron chi connectivity index (χ1n) is 7.86. The number of fused-ring (bicyclic) bond motifs is 1. The maximum absolute atomic E-state index is 12.6. The van der Waals surface area contributed by atoms with Crippen LogP contribution in [0.4, 0.5) is 5.69 Å². The number of carbonyl (C=O) groups excluding carboxylic acids is 3. The van der Waals surface area contributed by atoms with E-state index in [2.05, 4.69) is 10.6 Å². The van der Waals surface area contributed by atoms with Gasteiger partial charge >= 0.3 is 0 Å². The number of nitrogens with one attached hydrogen (secondary N) is 2. The highest BCUT2D eigenvalue weighted by Gasteiger charge is 2.36. The molecular weight excluding hydrogens is 294 g/mol. The number of benzene rings is 1. The van der Waals surface area contributed by atoms with Crippen LogP contribution in [0.3, 0.4) is 0 Å². The molecule has 2 unspecified atom stereocenters. The topological polar surface area (TPSA) is 78.5 Å². The summed E-state index contributed by atoms with van der Waals surface area (Å²) in [5.74, 6) is -0.679. The molecule has 3 amide bonds. The Balaban J connectivity index is 2.33. The fraction of sp³-hybridized carbons (Fsp3) is 0.471. The lowest BCUT2D eigenvalue weighted by molar-refractivity contribution is -0.141. The molecule has 124 valence electrons. The van der Waals surface area contributed by atoms with Crippen LogP contribution in [0, 0.1) is 5.92 Å². The van der Waals surface area contributed by atoms with Crippen LogP contribution >= 0.6 is 0 Å². The van der Waals surface area contributed by atoms with Gasteiger partial charge in [0.1, 0.15) is 6.04 Å². The molecule has 0 aromatic heterocycles. The van der Waals surface area contributed by atoms with Gasteiger partial charge in [-0.25, -0.2) is 0 Å². The average Bonchev–Trinajstić information content (AvgIpc) is 2.67. The Morgan fingerprint density at radius 2 is 2.09 bits per heavy atom. The van der Waals surface area contributed by atoms with Gasteiger partial charge in [-0.05, 0) is 17.5 Å². The zero-order chi connectivity index (χ0) is 17.0. The van der Waals surface area contributed by atoms with E-state index in [1.54, 1.807) is 4.90 Å². The van der Waals surface area contributed by atoms with Gasteiger partial charge < -0.3 is 15.5 Å². The third-order valence-corrected chi connectivity index (χ3v) is 4.21. The van der Waals surface area contributed by atoms with Crippen LogP contribution in [-0.2, 0) is 20.9 Å². The molecule has 6 heteroatoms. The molecule has 0 fully saturated rings. The predicted molar refractivity (Wildman–Crippen MR) is 87.5 cm³/mol. The standard InChI is InChI=1S/C17H23N3O3/c1-4-11(2)16-17(23)19-14-8-6-5-7-13(14)10-20(16)15(22)9-18-12(3)21/h5-8,11,16H,4,9-10H2,1-3H3,(H,18,21)(H,19,23). The number of anilines is 1. The normalized spacial score (nSPS) is 18.5. The van der Waals surface area contributed by atoms with E-state index >= 15 is 0 Å². The van der Waals surface area contributed by atoms with Gasteiger partial charge in [0.15, 0.2) is 0 Å². The van der Waals surface area contributed by atoms with Gasteiger partial charge in [0, 0.05) is 19.2 Å². The summed E-state index contributed by atoms with van der Waals surface area (Å²) in [4.78, 5) is 37.9. The zero-order valence-corrected chi connectivity index (χ0v) is 13.8. The van der Waals surface area contributed by atoms with Crippen molar-refractivity contribution >= 4 is 23.4 Å². The highest BCUT2D eigenvalue weighted by atomic mass is 16.2. The van der Waals surface area contributed by atoms with E-state index < -0.39 is 6.04 Å². The monoisotopic (exact) mass is 317 g/mol. The lowest BCUT2D eigenvalue weighted by Gasteiger charge is -2.32. The van der Waals surface area contributed by atoms with Crippen molar-refractivity contribution in [3.63, 3.8) is 0 Å². The second kappa shape index (κ2) is 7.26. The molecule has 0 saturated carbocycles. The number of nitrogens with zero attached hydrogens (tertiary/aromatic N) is 1. The van der Waals surface area contributed by atoms with Gasteiger partial charge in [-0.15, -0.1) is 0 Å². The van der Waals surface area contributed by atoms with E-state index in [0.717, 1.165) is 17.7 Å².